The van der Waals surface area contributed by atoms with Crippen molar-refractivity contribution in [2.75, 3.05) is 124 Å². The van der Waals surface area contributed by atoms with E-state index in [-0.39, 0.29) is 172 Å². The first-order valence-electron chi connectivity index (χ1n) is 26.3. The van der Waals surface area contributed by atoms with Gasteiger partial charge in [-0.3, -0.25) is 24.0 Å². The molecular weight excluding hydrogens is 1070 g/mol. The fourth-order valence-electron chi connectivity index (χ4n) is 8.77. The summed E-state index contributed by atoms with van der Waals surface area (Å²) in [5.74, 6) is -3.27. The van der Waals surface area contributed by atoms with Crippen molar-refractivity contribution in [3.63, 3.8) is 0 Å². The van der Waals surface area contributed by atoms with Crippen molar-refractivity contribution in [3.05, 3.63) is 86.1 Å². The third kappa shape index (κ3) is 19.9. The van der Waals surface area contributed by atoms with Gasteiger partial charge in [-0.2, -0.15) is 11.8 Å². The minimum Gasteiger partial charge on any atom is -0.508 e. The Labute approximate surface area is 464 Å². The summed E-state index contributed by atoms with van der Waals surface area (Å²) in [5.41, 5.74) is 7.34. The van der Waals surface area contributed by atoms with Crippen LogP contribution in [0.2, 0.25) is 0 Å². The molecule has 1 aliphatic carbocycles. The van der Waals surface area contributed by atoms with Crippen molar-refractivity contribution < 1.29 is 76.2 Å². The number of aromatic hydroxyl groups is 1. The van der Waals surface area contributed by atoms with Crippen LogP contribution in [0.3, 0.4) is 0 Å². The monoisotopic (exact) mass is 1140 g/mol. The topological polar surface area (TPSA) is 341 Å². The van der Waals surface area contributed by atoms with Gasteiger partial charge in [0.1, 0.15) is 17.1 Å². The number of phenolic OH excluding ortho intramolecular Hbond substituents is 1. The molecule has 6 amide bonds. The second kappa shape index (κ2) is 33.5. The van der Waals surface area contributed by atoms with E-state index in [1.807, 2.05) is 11.8 Å². The zero-order valence-corrected chi connectivity index (χ0v) is 45.0. The van der Waals surface area contributed by atoms with E-state index in [0.29, 0.717) is 51.2 Å². The number of rotatable bonds is 38. The second-order valence-corrected chi connectivity index (χ2v) is 19.6. The van der Waals surface area contributed by atoms with Crippen molar-refractivity contribution in [1.29, 1.82) is 0 Å². The van der Waals surface area contributed by atoms with Gasteiger partial charge in [-0.15, -0.1) is 0 Å². The van der Waals surface area contributed by atoms with Gasteiger partial charge in [0.2, 0.25) is 23.2 Å². The number of thioether (sulfide) groups is 1. The molecule has 0 saturated carbocycles. The lowest BCUT2D eigenvalue weighted by atomic mass is 9.89. The molecule has 0 spiro atoms. The summed E-state index contributed by atoms with van der Waals surface area (Å²) < 4.78 is 53.7. The lowest BCUT2D eigenvalue weighted by Gasteiger charge is -2.23. The number of amides is 6. The minimum atomic E-state index is -1.36. The predicted octanol–water partition coefficient (Wildman–Crippen LogP) is 3.81. The van der Waals surface area contributed by atoms with Crippen LogP contribution in [-0.4, -0.2) is 192 Å². The molecular formula is C53H68FN9O16S. The molecule has 0 aromatic heterocycles. The van der Waals surface area contributed by atoms with Crippen LogP contribution in [0.4, 0.5) is 9.18 Å². The Hall–Kier alpha value is -7.10. The Balaban J connectivity index is 0.888. The molecule has 2 aromatic carbocycles. The van der Waals surface area contributed by atoms with Gasteiger partial charge >= 0.3 is 12.0 Å². The molecule has 2 saturated heterocycles. The number of carboxylic acids is 1. The lowest BCUT2D eigenvalue weighted by Crippen LogP contribution is -2.39. The van der Waals surface area contributed by atoms with Crippen LogP contribution >= 0.6 is 11.8 Å². The maximum Gasteiger partial charge on any atom is 0.336 e. The summed E-state index contributed by atoms with van der Waals surface area (Å²) in [7, 11) is 0. The third-order valence-electron chi connectivity index (χ3n) is 12.7. The van der Waals surface area contributed by atoms with Gasteiger partial charge in [0.25, 0.3) is 5.91 Å². The van der Waals surface area contributed by atoms with Crippen LogP contribution in [0.5, 0.6) is 5.75 Å². The number of aromatic carboxylic acids is 1. The first-order valence-corrected chi connectivity index (χ1v) is 27.4. The van der Waals surface area contributed by atoms with Gasteiger partial charge in [0.15, 0.2) is 5.82 Å². The van der Waals surface area contributed by atoms with Gasteiger partial charge in [-0.1, -0.05) is 11.5 Å². The van der Waals surface area contributed by atoms with Crippen molar-refractivity contribution in [1.82, 2.24) is 31.5 Å². The number of benzene rings is 3. The molecule has 80 heavy (non-hydrogen) atoms. The number of carboxylic acid groups (broad SMARTS) is 1. The molecule has 4 aliphatic rings. The number of ether oxygens (including phenoxy) is 6. The van der Waals surface area contributed by atoms with Crippen LogP contribution in [0.1, 0.15) is 59.2 Å². The smallest absolute Gasteiger partial charge is 0.336 e. The Morgan fingerprint density at radius 2 is 1.41 bits per heavy atom. The first kappa shape index (κ1) is 62.1. The fraction of sp³-hybridized carbons (Fsp3) is 0.528. The van der Waals surface area contributed by atoms with Crippen LogP contribution < -0.4 is 32.0 Å². The van der Waals surface area contributed by atoms with Crippen LogP contribution in [0, 0.1) is 5.82 Å². The largest absolute Gasteiger partial charge is 0.508 e. The van der Waals surface area contributed by atoms with E-state index in [1.54, 1.807) is 0 Å². The number of unbranched alkanes of at least 4 members (excludes halogenated alkanes) is 1. The van der Waals surface area contributed by atoms with E-state index in [4.69, 9.17) is 38.4 Å². The molecule has 6 rings (SSSR count). The average Bonchev–Trinajstić information content (AvgIpc) is 4.09. The third-order valence-corrected chi connectivity index (χ3v) is 14.2. The van der Waals surface area contributed by atoms with E-state index in [2.05, 4.69) is 36.6 Å². The van der Waals surface area contributed by atoms with Gasteiger partial charge in [0, 0.05) is 109 Å². The van der Waals surface area contributed by atoms with Crippen molar-refractivity contribution >= 4 is 58.4 Å². The average molecular weight is 1140 g/mol. The Morgan fingerprint density at radius 3 is 2.10 bits per heavy atom. The number of fused-ring (bicyclic) bond motifs is 3. The summed E-state index contributed by atoms with van der Waals surface area (Å²) in [6, 6.07) is 9.90. The van der Waals surface area contributed by atoms with Gasteiger partial charge in [-0.25, -0.2) is 14.0 Å². The van der Waals surface area contributed by atoms with E-state index >= 15 is 0 Å². The molecule has 0 radical (unpaired) electrons. The maximum atomic E-state index is 14.8. The normalized spacial score (nSPS) is 15.5. The number of carbonyl (C=O) groups excluding carboxylic acids is 5. The molecule has 25 nitrogen and oxygen atoms in total. The van der Waals surface area contributed by atoms with E-state index in [0.717, 1.165) is 37.1 Å². The van der Waals surface area contributed by atoms with Crippen LogP contribution in [0.15, 0.2) is 62.9 Å². The quantitative estimate of drug-likeness (QED) is 0.00838. The summed E-state index contributed by atoms with van der Waals surface area (Å²) >= 11 is 1.86. The highest BCUT2D eigenvalue weighted by Crippen LogP contribution is 2.42. The summed E-state index contributed by atoms with van der Waals surface area (Å²) in [6.45, 7) is 3.97. The molecule has 0 bridgehead atoms. The number of hydrogen-bond donors (Lipinski definition) is 7. The molecule has 27 heteroatoms. The Kier molecular flexibility index (Phi) is 26.0. The van der Waals surface area contributed by atoms with E-state index < -0.39 is 29.0 Å². The van der Waals surface area contributed by atoms with Crippen LogP contribution in [0.25, 0.3) is 43.9 Å². The van der Waals surface area contributed by atoms with E-state index in [9.17, 15) is 48.2 Å². The minimum absolute atomic E-state index is 0.00324. The standard InChI is InChI=1S/C53H68FN9O16S/c54-40-31-39-44(32-42(40)65)79-43-30-35(64)6-8-37(43)49(39)38-29-34(5-7-36(38)52(70)71)51(69)58-11-9-48(68)63(16-20-76-24-28-78-27-23-75-19-14-59-62-55)15-10-47(67)57-13-18-74-22-26-77-25-21-73-17-12-56-46(66)4-2-1-3-45-50-41(33-80-45)60-53(72)61-50/h5-8,29-32,41,45,50,64H,1-4,9-28,33H2,(H,56,66)(H,57,67)(H,58,69)(H,70,71)(H2,60,61,72)/t41-,45+,50-/m0/s1. The predicted molar refractivity (Wildman–Crippen MR) is 290 cm³/mol. The first-order chi connectivity index (χ1) is 38.8. The summed E-state index contributed by atoms with van der Waals surface area (Å²) in [4.78, 5) is 92.7. The molecule has 7 N–H and O–H groups in total. The Morgan fingerprint density at radius 1 is 0.750 bits per heavy atom. The van der Waals surface area contributed by atoms with Gasteiger partial charge in [-0.05, 0) is 60.3 Å². The van der Waals surface area contributed by atoms with Crippen molar-refractivity contribution in [2.45, 2.75) is 55.9 Å². The highest BCUT2D eigenvalue weighted by atomic mass is 32.2. The molecule has 434 valence electrons. The zero-order valence-electron chi connectivity index (χ0n) is 44.2. The summed E-state index contributed by atoms with van der Waals surface area (Å²) in [5, 5.41) is 38.6. The molecule has 2 fully saturated rings. The number of nitrogens with zero attached hydrogens (tertiary/aromatic N) is 4. The number of halogens is 1. The number of urea groups is 1. The van der Waals surface area contributed by atoms with Crippen molar-refractivity contribution in [3.8, 4) is 28.2 Å². The van der Waals surface area contributed by atoms with Crippen LogP contribution in [-0.2, 0) is 42.8 Å². The molecule has 0 unspecified atom stereocenters. The lowest BCUT2D eigenvalue weighted by molar-refractivity contribution is -0.132. The molecule has 2 aromatic rings. The maximum absolute atomic E-state index is 14.8. The SMILES string of the molecule is [N-]=[N+]=NCCOCCOCCOCCN(CCC(=O)NCCOCCOCCOCCNC(=O)CCCC[C@H]1SC[C@@H]2NC(=O)N[C@@H]21)C(=O)CCNC(=O)c1ccc(C(=O)O)c(-c2c3cc(F)c(=O)cc-3oc3cc(O)ccc23)c1. The number of phenols is 1. The number of nitrogens with one attached hydrogen (secondary N) is 5. The highest BCUT2D eigenvalue weighted by Gasteiger charge is 2.42. The molecule has 3 aliphatic heterocycles. The Bertz CT molecular complexity index is 2800. The summed E-state index contributed by atoms with van der Waals surface area (Å²) in [6.07, 6.45) is 2.85. The fourth-order valence-corrected chi connectivity index (χ4v) is 10.3. The molecule has 3 atom stereocenters. The number of azide groups is 1. The number of carbonyl (C=O) groups is 6. The van der Waals surface area contributed by atoms with Crippen molar-refractivity contribution in [2.24, 2.45) is 5.11 Å². The number of hydrogen-bond acceptors (Lipinski definition) is 17. The zero-order chi connectivity index (χ0) is 57.1. The van der Waals surface area contributed by atoms with Gasteiger partial charge in [0.05, 0.1) is 96.9 Å². The highest BCUT2D eigenvalue weighted by molar-refractivity contribution is 8.00. The second-order valence-electron chi connectivity index (χ2n) is 18.3. The van der Waals surface area contributed by atoms with Gasteiger partial charge < -0.3 is 74.5 Å². The van der Waals surface area contributed by atoms with E-state index in [1.165, 1.54) is 41.3 Å². The molecule has 3 heterocycles.